The van der Waals surface area contributed by atoms with Crippen LogP contribution in [0.4, 0.5) is 6.01 Å². The highest BCUT2D eigenvalue weighted by molar-refractivity contribution is 7.92. The van der Waals surface area contributed by atoms with Crippen molar-refractivity contribution >= 4 is 44.5 Å². The van der Waals surface area contributed by atoms with Gasteiger partial charge in [-0.15, -0.1) is 0 Å². The average Bonchev–Trinajstić information content (AvgIpc) is 2.87. The third-order valence-electron chi connectivity index (χ3n) is 5.65. The second kappa shape index (κ2) is 5.36. The molecule has 3 heterocycles. The minimum Gasteiger partial charge on any atom is -0.423 e. The highest BCUT2D eigenvalue weighted by atomic mass is 35.5. The summed E-state index contributed by atoms with van der Waals surface area (Å²) in [5.41, 5.74) is 1.68. The fraction of sp³-hybridized carbons (Fsp3) is 0.529. The van der Waals surface area contributed by atoms with Gasteiger partial charge in [-0.1, -0.05) is 11.6 Å². The van der Waals surface area contributed by atoms with Gasteiger partial charge < -0.3 is 14.6 Å². The molecule has 1 spiro atoms. The van der Waals surface area contributed by atoms with Crippen molar-refractivity contribution in [2.24, 2.45) is 11.3 Å². The highest BCUT2D eigenvalue weighted by Crippen LogP contribution is 2.49. The third-order valence-corrected chi connectivity index (χ3v) is 7.70. The first kappa shape index (κ1) is 16.4. The average molecular weight is 396 g/mol. The zero-order valence-corrected chi connectivity index (χ0v) is 15.5. The van der Waals surface area contributed by atoms with Crippen LogP contribution in [-0.2, 0) is 14.6 Å². The van der Waals surface area contributed by atoms with Crippen LogP contribution in [0.1, 0.15) is 12.8 Å². The van der Waals surface area contributed by atoms with E-state index < -0.39 is 9.84 Å². The second-order valence-electron chi connectivity index (χ2n) is 7.85. The molecule has 7 nitrogen and oxygen atoms in total. The Morgan fingerprint density at radius 3 is 2.73 bits per heavy atom. The lowest BCUT2D eigenvalue weighted by molar-refractivity contribution is -0.126. The van der Waals surface area contributed by atoms with E-state index in [4.69, 9.17) is 16.0 Å². The normalized spacial score (nSPS) is 24.1. The van der Waals surface area contributed by atoms with Crippen LogP contribution >= 0.6 is 11.6 Å². The molecule has 2 aromatic rings. The van der Waals surface area contributed by atoms with Crippen molar-refractivity contribution in [1.82, 2.24) is 10.3 Å². The summed E-state index contributed by atoms with van der Waals surface area (Å²) in [5, 5.41) is 3.62. The lowest BCUT2D eigenvalue weighted by Crippen LogP contribution is -2.67. The van der Waals surface area contributed by atoms with Crippen LogP contribution in [0.2, 0.25) is 5.02 Å². The van der Waals surface area contributed by atoms with Crippen molar-refractivity contribution in [3.05, 3.63) is 23.2 Å². The van der Waals surface area contributed by atoms with Gasteiger partial charge in [0.2, 0.25) is 5.91 Å². The summed E-state index contributed by atoms with van der Waals surface area (Å²) in [6.45, 7) is 1.72. The predicted molar refractivity (Wildman–Crippen MR) is 97.0 cm³/mol. The monoisotopic (exact) mass is 395 g/mol. The summed E-state index contributed by atoms with van der Waals surface area (Å²) in [6.07, 6.45) is 1.83. The van der Waals surface area contributed by atoms with E-state index in [2.05, 4.69) is 15.2 Å². The molecule has 3 aliphatic rings. The smallest absolute Gasteiger partial charge is 0.298 e. The summed E-state index contributed by atoms with van der Waals surface area (Å²) in [7, 11) is -2.96. The van der Waals surface area contributed by atoms with Crippen LogP contribution in [0.5, 0.6) is 0 Å². The van der Waals surface area contributed by atoms with Gasteiger partial charge in [0.05, 0.1) is 17.4 Å². The lowest BCUT2D eigenvalue weighted by Gasteiger charge is -2.58. The molecule has 0 atom stereocenters. The number of oxazole rings is 1. The standard InChI is InChI=1S/C17H18ClN3O4S/c18-11-1-2-14-13(3-11)20-16(25-14)21-8-17(9-21)4-12(5-17)19-15(22)10-6-26(23,24)7-10/h1-3,10,12H,4-9H2,(H,19,22). The number of hydrogen-bond donors (Lipinski definition) is 1. The highest BCUT2D eigenvalue weighted by Gasteiger charge is 2.54. The topological polar surface area (TPSA) is 92.5 Å². The number of sulfone groups is 1. The number of amides is 1. The fourth-order valence-corrected chi connectivity index (χ4v) is 5.90. The molecule has 3 fully saturated rings. The summed E-state index contributed by atoms with van der Waals surface area (Å²) >= 11 is 5.98. The second-order valence-corrected chi connectivity index (χ2v) is 10.4. The first-order valence-electron chi connectivity index (χ1n) is 8.63. The summed E-state index contributed by atoms with van der Waals surface area (Å²) < 4.78 is 28.1. The SMILES string of the molecule is O=C(NC1CC2(C1)CN(c1nc3cc(Cl)ccc3o1)C2)C1CS(=O)(=O)C1. The Kier molecular flexibility index (Phi) is 3.37. The van der Waals surface area contributed by atoms with Gasteiger partial charge in [0.25, 0.3) is 6.01 Å². The molecule has 2 aliphatic heterocycles. The van der Waals surface area contributed by atoms with Crippen LogP contribution in [-0.4, -0.2) is 49.9 Å². The minimum absolute atomic E-state index is 0.00773. The van der Waals surface area contributed by atoms with Crippen LogP contribution in [0.3, 0.4) is 0 Å². The van der Waals surface area contributed by atoms with Crippen molar-refractivity contribution in [2.45, 2.75) is 18.9 Å². The summed E-state index contributed by atoms with van der Waals surface area (Å²) in [4.78, 5) is 18.6. The van der Waals surface area contributed by atoms with Gasteiger partial charge in [0.1, 0.15) is 5.52 Å². The predicted octanol–water partition coefficient (Wildman–Crippen LogP) is 1.61. The molecule has 2 saturated heterocycles. The number of hydrogen-bond acceptors (Lipinski definition) is 6. The van der Waals surface area contributed by atoms with Crippen LogP contribution in [0.25, 0.3) is 11.1 Å². The zero-order valence-electron chi connectivity index (χ0n) is 13.9. The molecule has 26 heavy (non-hydrogen) atoms. The Bertz CT molecular complexity index is 992. The molecule has 1 aromatic carbocycles. The van der Waals surface area contributed by atoms with E-state index in [0.717, 1.165) is 37.0 Å². The number of anilines is 1. The van der Waals surface area contributed by atoms with Gasteiger partial charge in [0.15, 0.2) is 15.4 Å². The minimum atomic E-state index is -2.96. The maximum Gasteiger partial charge on any atom is 0.298 e. The van der Waals surface area contributed by atoms with E-state index in [-0.39, 0.29) is 34.8 Å². The molecule has 1 N–H and O–H groups in total. The number of carbonyl (C=O) groups excluding carboxylic acids is 1. The molecular weight excluding hydrogens is 378 g/mol. The number of nitrogens with zero attached hydrogens (tertiary/aromatic N) is 2. The molecule has 9 heteroatoms. The Morgan fingerprint density at radius 2 is 2.04 bits per heavy atom. The Morgan fingerprint density at radius 1 is 1.31 bits per heavy atom. The Labute approximate surface area is 155 Å². The lowest BCUT2D eigenvalue weighted by atomic mass is 9.60. The van der Waals surface area contributed by atoms with E-state index in [0.29, 0.717) is 11.0 Å². The van der Waals surface area contributed by atoms with Gasteiger partial charge in [-0.05, 0) is 31.0 Å². The number of carbonyl (C=O) groups is 1. The van der Waals surface area contributed by atoms with Crippen LogP contribution in [0, 0.1) is 11.3 Å². The molecule has 1 aliphatic carbocycles. The molecule has 1 saturated carbocycles. The molecule has 0 unspecified atom stereocenters. The maximum absolute atomic E-state index is 12.0. The van der Waals surface area contributed by atoms with Gasteiger partial charge in [0, 0.05) is 29.6 Å². The van der Waals surface area contributed by atoms with E-state index in [1.807, 2.05) is 6.07 Å². The number of fused-ring (bicyclic) bond motifs is 1. The van der Waals surface area contributed by atoms with E-state index in [1.165, 1.54) is 0 Å². The van der Waals surface area contributed by atoms with Crippen LogP contribution < -0.4 is 10.2 Å². The van der Waals surface area contributed by atoms with Crippen molar-refractivity contribution in [3.8, 4) is 0 Å². The number of nitrogens with one attached hydrogen (secondary N) is 1. The molecule has 0 bridgehead atoms. The Balaban J connectivity index is 1.15. The van der Waals surface area contributed by atoms with Gasteiger partial charge >= 0.3 is 0 Å². The van der Waals surface area contributed by atoms with Crippen molar-refractivity contribution in [2.75, 3.05) is 29.5 Å². The van der Waals surface area contributed by atoms with Crippen LogP contribution in [0.15, 0.2) is 22.6 Å². The number of aromatic nitrogens is 1. The first-order valence-corrected chi connectivity index (χ1v) is 10.8. The van der Waals surface area contributed by atoms with Gasteiger partial charge in [-0.25, -0.2) is 8.42 Å². The number of halogens is 1. The van der Waals surface area contributed by atoms with Gasteiger partial charge in [-0.2, -0.15) is 4.98 Å². The van der Waals surface area contributed by atoms with E-state index >= 15 is 0 Å². The number of rotatable bonds is 3. The molecule has 5 rings (SSSR count). The van der Waals surface area contributed by atoms with Gasteiger partial charge in [-0.3, -0.25) is 4.79 Å². The molecule has 1 amide bonds. The van der Waals surface area contributed by atoms with Crippen molar-refractivity contribution in [1.29, 1.82) is 0 Å². The molecule has 0 radical (unpaired) electrons. The van der Waals surface area contributed by atoms with E-state index in [1.54, 1.807) is 12.1 Å². The van der Waals surface area contributed by atoms with Crippen molar-refractivity contribution in [3.63, 3.8) is 0 Å². The largest absolute Gasteiger partial charge is 0.423 e. The first-order chi connectivity index (χ1) is 12.3. The quantitative estimate of drug-likeness (QED) is 0.848. The van der Waals surface area contributed by atoms with E-state index in [9.17, 15) is 13.2 Å². The number of benzene rings is 1. The summed E-state index contributed by atoms with van der Waals surface area (Å²) in [5.74, 6) is -0.494. The summed E-state index contributed by atoms with van der Waals surface area (Å²) in [6, 6.07) is 6.15. The Hall–Kier alpha value is -1.80. The molecule has 138 valence electrons. The molecule has 1 aromatic heterocycles. The fourth-order valence-electron chi connectivity index (χ4n) is 4.30. The molecular formula is C17H18ClN3O4S. The third kappa shape index (κ3) is 2.66. The maximum atomic E-state index is 12.0. The van der Waals surface area contributed by atoms with Crippen molar-refractivity contribution < 1.29 is 17.6 Å². The zero-order chi connectivity index (χ0) is 18.1.